The summed E-state index contributed by atoms with van der Waals surface area (Å²) in [6, 6.07) is 12.4. The largest absolute Gasteiger partial charge is 0.392 e. The standard InChI is InChI=1S/C16H20N2O/c1-13(19)11-18(2)12-14-5-3-6-15(9-14)16-7-4-8-17-10-16/h3-10,13,19H,11-12H2,1-2H3/t13-/m0/s1. The number of aliphatic hydroxyl groups is 1. The van der Waals surface area contributed by atoms with Crippen LogP contribution in [0.3, 0.4) is 0 Å². The van der Waals surface area contributed by atoms with E-state index in [9.17, 15) is 5.11 Å². The molecule has 0 unspecified atom stereocenters. The fourth-order valence-corrected chi connectivity index (χ4v) is 2.21. The lowest BCUT2D eigenvalue weighted by atomic mass is 10.0. The molecular formula is C16H20N2O. The second-order valence-corrected chi connectivity index (χ2v) is 4.99. The molecule has 1 aromatic carbocycles. The van der Waals surface area contributed by atoms with E-state index >= 15 is 0 Å². The minimum Gasteiger partial charge on any atom is -0.392 e. The number of nitrogens with zero attached hydrogens (tertiary/aromatic N) is 2. The summed E-state index contributed by atoms with van der Waals surface area (Å²) in [5.41, 5.74) is 3.54. The Balaban J connectivity index is 2.12. The molecule has 1 N–H and O–H groups in total. The van der Waals surface area contributed by atoms with E-state index in [-0.39, 0.29) is 6.10 Å². The topological polar surface area (TPSA) is 36.4 Å². The van der Waals surface area contributed by atoms with Gasteiger partial charge in [0.1, 0.15) is 0 Å². The fourth-order valence-electron chi connectivity index (χ4n) is 2.21. The van der Waals surface area contributed by atoms with Crippen LogP contribution in [0, 0.1) is 0 Å². The van der Waals surface area contributed by atoms with E-state index in [0.717, 1.165) is 12.1 Å². The van der Waals surface area contributed by atoms with Crippen LogP contribution in [0.25, 0.3) is 11.1 Å². The molecule has 1 atom stereocenters. The summed E-state index contributed by atoms with van der Waals surface area (Å²) in [7, 11) is 2.02. The molecule has 0 fully saturated rings. The van der Waals surface area contributed by atoms with Crippen molar-refractivity contribution in [3.05, 3.63) is 54.4 Å². The van der Waals surface area contributed by atoms with Gasteiger partial charge in [0.15, 0.2) is 0 Å². The van der Waals surface area contributed by atoms with Gasteiger partial charge in [-0.05, 0) is 42.8 Å². The molecule has 2 aromatic rings. The first-order valence-corrected chi connectivity index (χ1v) is 6.51. The van der Waals surface area contributed by atoms with Crippen LogP contribution in [0.1, 0.15) is 12.5 Å². The number of aliphatic hydroxyl groups excluding tert-OH is 1. The van der Waals surface area contributed by atoms with Gasteiger partial charge in [0, 0.05) is 25.5 Å². The van der Waals surface area contributed by atoms with Gasteiger partial charge >= 0.3 is 0 Å². The van der Waals surface area contributed by atoms with Crippen LogP contribution >= 0.6 is 0 Å². The Hall–Kier alpha value is -1.71. The van der Waals surface area contributed by atoms with E-state index in [1.165, 1.54) is 11.1 Å². The summed E-state index contributed by atoms with van der Waals surface area (Å²) in [6.45, 7) is 3.32. The smallest absolute Gasteiger partial charge is 0.0639 e. The molecule has 1 heterocycles. The van der Waals surface area contributed by atoms with E-state index in [2.05, 4.69) is 40.2 Å². The number of hydrogen-bond acceptors (Lipinski definition) is 3. The lowest BCUT2D eigenvalue weighted by molar-refractivity contribution is 0.138. The Morgan fingerprint density at radius 2 is 2.00 bits per heavy atom. The van der Waals surface area contributed by atoms with Crippen molar-refractivity contribution >= 4 is 0 Å². The number of rotatable bonds is 5. The molecule has 0 saturated carbocycles. The maximum Gasteiger partial charge on any atom is 0.0639 e. The monoisotopic (exact) mass is 256 g/mol. The summed E-state index contributed by atoms with van der Waals surface area (Å²) in [5, 5.41) is 9.38. The van der Waals surface area contributed by atoms with Gasteiger partial charge in [-0.2, -0.15) is 0 Å². The molecule has 1 aromatic heterocycles. The van der Waals surface area contributed by atoms with Crippen molar-refractivity contribution in [2.45, 2.75) is 19.6 Å². The number of aromatic nitrogens is 1. The van der Waals surface area contributed by atoms with E-state index in [0.29, 0.717) is 6.54 Å². The molecule has 0 radical (unpaired) electrons. The van der Waals surface area contributed by atoms with E-state index in [1.54, 1.807) is 6.20 Å². The predicted octanol–water partition coefficient (Wildman–Crippen LogP) is 2.56. The number of benzene rings is 1. The average Bonchev–Trinajstić information content (AvgIpc) is 2.39. The summed E-state index contributed by atoms with van der Waals surface area (Å²) in [5.74, 6) is 0. The zero-order chi connectivity index (χ0) is 13.7. The van der Waals surface area contributed by atoms with Crippen LogP contribution in [0.4, 0.5) is 0 Å². The zero-order valence-corrected chi connectivity index (χ0v) is 11.5. The third-order valence-electron chi connectivity index (χ3n) is 2.95. The zero-order valence-electron chi connectivity index (χ0n) is 11.5. The molecule has 0 amide bonds. The Morgan fingerprint density at radius 3 is 2.68 bits per heavy atom. The van der Waals surface area contributed by atoms with Crippen molar-refractivity contribution < 1.29 is 5.11 Å². The highest BCUT2D eigenvalue weighted by Crippen LogP contribution is 2.19. The summed E-state index contributed by atoms with van der Waals surface area (Å²) >= 11 is 0. The second-order valence-electron chi connectivity index (χ2n) is 4.99. The Bertz CT molecular complexity index is 511. The van der Waals surface area contributed by atoms with Gasteiger partial charge in [-0.1, -0.05) is 24.3 Å². The van der Waals surface area contributed by atoms with Gasteiger partial charge in [-0.25, -0.2) is 0 Å². The molecule has 0 bridgehead atoms. The van der Waals surface area contributed by atoms with Crippen LogP contribution in [-0.4, -0.2) is 34.7 Å². The molecule has 100 valence electrons. The number of pyridine rings is 1. The Labute approximate surface area is 114 Å². The van der Waals surface area contributed by atoms with Gasteiger partial charge in [-0.3, -0.25) is 9.88 Å². The van der Waals surface area contributed by atoms with Crippen molar-refractivity contribution in [1.82, 2.24) is 9.88 Å². The highest BCUT2D eigenvalue weighted by molar-refractivity contribution is 5.62. The van der Waals surface area contributed by atoms with Crippen LogP contribution in [0.2, 0.25) is 0 Å². The highest BCUT2D eigenvalue weighted by Gasteiger charge is 2.05. The van der Waals surface area contributed by atoms with Crippen LogP contribution in [0.15, 0.2) is 48.8 Å². The lowest BCUT2D eigenvalue weighted by Gasteiger charge is -2.18. The van der Waals surface area contributed by atoms with Crippen LogP contribution in [0.5, 0.6) is 0 Å². The van der Waals surface area contributed by atoms with Gasteiger partial charge in [0.05, 0.1) is 6.10 Å². The first kappa shape index (κ1) is 13.7. The fraction of sp³-hybridized carbons (Fsp3) is 0.312. The maximum atomic E-state index is 9.38. The maximum absolute atomic E-state index is 9.38. The quantitative estimate of drug-likeness (QED) is 0.893. The van der Waals surface area contributed by atoms with Crippen LogP contribution < -0.4 is 0 Å². The van der Waals surface area contributed by atoms with E-state index < -0.39 is 0 Å². The van der Waals surface area contributed by atoms with Gasteiger partial charge in [0.2, 0.25) is 0 Å². The van der Waals surface area contributed by atoms with Gasteiger partial charge in [0.25, 0.3) is 0 Å². The average molecular weight is 256 g/mol. The molecule has 0 saturated heterocycles. The van der Waals surface area contributed by atoms with Gasteiger partial charge < -0.3 is 5.11 Å². The third kappa shape index (κ3) is 4.16. The normalized spacial score (nSPS) is 12.6. The summed E-state index contributed by atoms with van der Waals surface area (Å²) < 4.78 is 0. The number of hydrogen-bond donors (Lipinski definition) is 1. The Morgan fingerprint density at radius 1 is 1.21 bits per heavy atom. The molecule has 0 aliphatic heterocycles. The van der Waals surface area contributed by atoms with Gasteiger partial charge in [-0.15, -0.1) is 0 Å². The summed E-state index contributed by atoms with van der Waals surface area (Å²) in [4.78, 5) is 6.27. The van der Waals surface area contributed by atoms with Crippen LogP contribution in [-0.2, 0) is 6.54 Å². The molecule has 3 heteroatoms. The first-order chi connectivity index (χ1) is 9.15. The molecule has 19 heavy (non-hydrogen) atoms. The second kappa shape index (κ2) is 6.45. The highest BCUT2D eigenvalue weighted by atomic mass is 16.3. The van der Waals surface area contributed by atoms with Crippen molar-refractivity contribution in [2.24, 2.45) is 0 Å². The van der Waals surface area contributed by atoms with E-state index in [1.807, 2.05) is 26.2 Å². The molecule has 2 rings (SSSR count). The van der Waals surface area contributed by atoms with Crippen molar-refractivity contribution in [1.29, 1.82) is 0 Å². The molecule has 0 aliphatic rings. The predicted molar refractivity (Wildman–Crippen MR) is 77.7 cm³/mol. The lowest BCUT2D eigenvalue weighted by Crippen LogP contribution is -2.26. The van der Waals surface area contributed by atoms with Crippen molar-refractivity contribution in [3.63, 3.8) is 0 Å². The van der Waals surface area contributed by atoms with E-state index in [4.69, 9.17) is 0 Å². The molecular weight excluding hydrogens is 236 g/mol. The van der Waals surface area contributed by atoms with Crippen molar-refractivity contribution in [3.8, 4) is 11.1 Å². The minimum absolute atomic E-state index is 0.300. The Kier molecular flexibility index (Phi) is 4.66. The first-order valence-electron chi connectivity index (χ1n) is 6.51. The number of likely N-dealkylation sites (N-methyl/N-ethyl adjacent to an activating group) is 1. The summed E-state index contributed by atoms with van der Waals surface area (Å²) in [6.07, 6.45) is 3.36. The molecule has 0 aliphatic carbocycles. The molecule has 0 spiro atoms. The van der Waals surface area contributed by atoms with Crippen molar-refractivity contribution in [2.75, 3.05) is 13.6 Å². The third-order valence-corrected chi connectivity index (χ3v) is 2.95. The molecule has 3 nitrogen and oxygen atoms in total. The minimum atomic E-state index is -0.300. The SMILES string of the molecule is C[C@H](O)CN(C)Cc1cccc(-c2cccnc2)c1.